The van der Waals surface area contributed by atoms with Gasteiger partial charge in [-0.2, -0.15) is 0 Å². The van der Waals surface area contributed by atoms with Gasteiger partial charge in [-0.1, -0.05) is 18.2 Å². The fourth-order valence-corrected chi connectivity index (χ4v) is 1.31. The third kappa shape index (κ3) is 1.03. The number of pyridine rings is 1. The van der Waals surface area contributed by atoms with E-state index < -0.39 is 0 Å². The molecule has 0 spiro atoms. The molecule has 3 N–H and O–H groups in total. The summed E-state index contributed by atoms with van der Waals surface area (Å²) in [4.78, 5) is 0. The van der Waals surface area contributed by atoms with Gasteiger partial charge >= 0.3 is 5.88 Å². The molecule has 1 heterocycles. The van der Waals surface area contributed by atoms with Gasteiger partial charge in [0.25, 0.3) is 0 Å². The molecule has 13 heavy (non-hydrogen) atoms. The van der Waals surface area contributed by atoms with Crippen LogP contribution in [0.4, 0.5) is 5.69 Å². The number of aromatic nitrogens is 1. The Bertz CT molecular complexity index is 468. The maximum Gasteiger partial charge on any atom is 0.385 e. The second-order valence-corrected chi connectivity index (χ2v) is 2.78. The molecule has 0 saturated heterocycles. The maximum absolute atomic E-state index is 11.0. The lowest BCUT2D eigenvalue weighted by Crippen LogP contribution is -2.26. The SMILES string of the molecule is Nc1c[n+]([O-])c(O)c2ccccc12. The van der Waals surface area contributed by atoms with E-state index in [9.17, 15) is 10.3 Å². The van der Waals surface area contributed by atoms with E-state index in [1.807, 2.05) is 0 Å². The van der Waals surface area contributed by atoms with Gasteiger partial charge in [0.2, 0.25) is 6.20 Å². The largest absolute Gasteiger partial charge is 0.616 e. The van der Waals surface area contributed by atoms with E-state index in [4.69, 9.17) is 5.73 Å². The molecule has 2 rings (SSSR count). The number of hydrogen-bond donors (Lipinski definition) is 2. The highest BCUT2D eigenvalue weighted by molar-refractivity contribution is 5.94. The van der Waals surface area contributed by atoms with Gasteiger partial charge in [-0.3, -0.25) is 0 Å². The zero-order valence-corrected chi connectivity index (χ0v) is 6.77. The molecule has 2 aromatic rings. The lowest BCUT2D eigenvalue weighted by molar-refractivity contribution is -0.611. The van der Waals surface area contributed by atoms with Crippen molar-refractivity contribution in [3.8, 4) is 5.88 Å². The van der Waals surface area contributed by atoms with E-state index >= 15 is 0 Å². The molecule has 1 aromatic carbocycles. The monoisotopic (exact) mass is 176 g/mol. The first-order valence-electron chi connectivity index (χ1n) is 3.79. The highest BCUT2D eigenvalue weighted by Crippen LogP contribution is 2.24. The Morgan fingerprint density at radius 3 is 2.54 bits per heavy atom. The lowest BCUT2D eigenvalue weighted by Gasteiger charge is -2.04. The topological polar surface area (TPSA) is 73.2 Å². The molecule has 66 valence electrons. The number of fused-ring (bicyclic) bond motifs is 1. The lowest BCUT2D eigenvalue weighted by atomic mass is 10.1. The first-order chi connectivity index (χ1) is 6.20. The molecule has 0 radical (unpaired) electrons. The molecule has 0 bridgehead atoms. The predicted octanol–water partition coefficient (Wildman–Crippen LogP) is 0.761. The van der Waals surface area contributed by atoms with Crippen LogP contribution in [0.2, 0.25) is 0 Å². The van der Waals surface area contributed by atoms with Crippen molar-refractivity contribution in [1.82, 2.24) is 0 Å². The Labute approximate surface area is 74.4 Å². The van der Waals surface area contributed by atoms with Crippen LogP contribution in [0.1, 0.15) is 0 Å². The Morgan fingerprint density at radius 2 is 1.85 bits per heavy atom. The first kappa shape index (κ1) is 7.67. The molecule has 0 aliphatic carbocycles. The normalized spacial score (nSPS) is 10.5. The Morgan fingerprint density at radius 1 is 1.23 bits per heavy atom. The van der Waals surface area contributed by atoms with Gasteiger partial charge in [-0.25, -0.2) is 0 Å². The Balaban J connectivity index is 2.97. The quantitative estimate of drug-likeness (QED) is 0.459. The molecule has 0 unspecified atom stereocenters. The summed E-state index contributed by atoms with van der Waals surface area (Å²) in [6, 6.07) is 6.94. The second kappa shape index (κ2) is 2.52. The van der Waals surface area contributed by atoms with Gasteiger partial charge in [0, 0.05) is 5.39 Å². The van der Waals surface area contributed by atoms with Crippen molar-refractivity contribution in [2.24, 2.45) is 0 Å². The van der Waals surface area contributed by atoms with Crippen LogP contribution in [0.3, 0.4) is 0 Å². The van der Waals surface area contributed by atoms with Crippen LogP contribution >= 0.6 is 0 Å². The van der Waals surface area contributed by atoms with E-state index in [0.29, 0.717) is 21.2 Å². The zero-order valence-electron chi connectivity index (χ0n) is 6.77. The van der Waals surface area contributed by atoms with Crippen LogP contribution in [0.5, 0.6) is 5.88 Å². The average molecular weight is 176 g/mol. The molecule has 4 heteroatoms. The maximum atomic E-state index is 11.0. The molecule has 0 amide bonds. The van der Waals surface area contributed by atoms with Crippen molar-refractivity contribution in [1.29, 1.82) is 0 Å². The number of anilines is 1. The smallest absolute Gasteiger partial charge is 0.385 e. The summed E-state index contributed by atoms with van der Waals surface area (Å²) in [7, 11) is 0. The van der Waals surface area contributed by atoms with Crippen molar-refractivity contribution in [2.45, 2.75) is 0 Å². The van der Waals surface area contributed by atoms with E-state index in [2.05, 4.69) is 0 Å². The number of nitrogens with zero attached hydrogens (tertiary/aromatic N) is 1. The van der Waals surface area contributed by atoms with Crippen LogP contribution in [0, 0.1) is 5.21 Å². The summed E-state index contributed by atoms with van der Waals surface area (Å²) in [5, 5.41) is 21.6. The number of benzene rings is 1. The number of rotatable bonds is 0. The molecule has 0 saturated carbocycles. The number of nitrogen functional groups attached to an aromatic ring is 1. The van der Waals surface area contributed by atoms with Crippen molar-refractivity contribution < 1.29 is 9.84 Å². The van der Waals surface area contributed by atoms with Crippen LogP contribution in [0.15, 0.2) is 30.5 Å². The molecule has 0 aliphatic rings. The fourth-order valence-electron chi connectivity index (χ4n) is 1.31. The number of nitrogens with two attached hydrogens (primary N) is 1. The highest BCUT2D eigenvalue weighted by Gasteiger charge is 2.11. The van der Waals surface area contributed by atoms with Crippen molar-refractivity contribution in [3.05, 3.63) is 35.7 Å². The number of hydrogen-bond acceptors (Lipinski definition) is 3. The Kier molecular flexibility index (Phi) is 1.48. The Hall–Kier alpha value is -1.97. The molecule has 0 fully saturated rings. The van der Waals surface area contributed by atoms with E-state index in [0.717, 1.165) is 6.20 Å². The van der Waals surface area contributed by atoms with Crippen LogP contribution in [-0.2, 0) is 0 Å². The predicted molar refractivity (Wildman–Crippen MR) is 49.0 cm³/mol. The minimum atomic E-state index is -0.315. The van der Waals surface area contributed by atoms with Gasteiger partial charge in [0.15, 0.2) is 0 Å². The standard InChI is InChI=1S/C9H8N2O2/c10-8-5-11(13)9(12)7-4-2-1-3-6(7)8/h1-5,12H,10H2. The van der Waals surface area contributed by atoms with Gasteiger partial charge in [-0.05, 0) is 6.07 Å². The second-order valence-electron chi connectivity index (χ2n) is 2.78. The molecule has 1 aromatic heterocycles. The molecule has 4 nitrogen and oxygen atoms in total. The number of aromatic hydroxyl groups is 1. The van der Waals surface area contributed by atoms with Crippen molar-refractivity contribution in [3.63, 3.8) is 0 Å². The van der Waals surface area contributed by atoms with E-state index in [-0.39, 0.29) is 5.88 Å². The molecule has 0 atom stereocenters. The van der Waals surface area contributed by atoms with Crippen molar-refractivity contribution in [2.75, 3.05) is 5.73 Å². The van der Waals surface area contributed by atoms with E-state index in [1.165, 1.54) is 0 Å². The summed E-state index contributed by atoms with van der Waals surface area (Å²) < 4.78 is 0.359. The van der Waals surface area contributed by atoms with Gasteiger partial charge in [-0.15, -0.1) is 4.73 Å². The van der Waals surface area contributed by atoms with Crippen LogP contribution in [-0.4, -0.2) is 5.11 Å². The first-order valence-corrected chi connectivity index (χ1v) is 3.79. The minimum absolute atomic E-state index is 0.315. The summed E-state index contributed by atoms with van der Waals surface area (Å²) in [5.74, 6) is -0.315. The van der Waals surface area contributed by atoms with Crippen molar-refractivity contribution >= 4 is 16.5 Å². The fraction of sp³-hybridized carbons (Fsp3) is 0. The molecular formula is C9H8N2O2. The average Bonchev–Trinajstić information content (AvgIpc) is 2.15. The summed E-state index contributed by atoms with van der Waals surface area (Å²) in [6.07, 6.45) is 1.15. The van der Waals surface area contributed by atoms with Crippen LogP contribution in [0.25, 0.3) is 10.8 Å². The van der Waals surface area contributed by atoms with Gasteiger partial charge in [0.1, 0.15) is 5.69 Å². The van der Waals surface area contributed by atoms with Gasteiger partial charge < -0.3 is 16.0 Å². The molecular weight excluding hydrogens is 168 g/mol. The summed E-state index contributed by atoms with van der Waals surface area (Å²) in [6.45, 7) is 0. The summed E-state index contributed by atoms with van der Waals surface area (Å²) >= 11 is 0. The summed E-state index contributed by atoms with van der Waals surface area (Å²) in [5.41, 5.74) is 5.96. The highest BCUT2D eigenvalue weighted by atomic mass is 16.5. The third-order valence-electron chi connectivity index (χ3n) is 1.94. The van der Waals surface area contributed by atoms with E-state index in [1.54, 1.807) is 24.3 Å². The van der Waals surface area contributed by atoms with Crippen LogP contribution < -0.4 is 10.5 Å². The molecule has 0 aliphatic heterocycles. The third-order valence-corrected chi connectivity index (χ3v) is 1.94. The minimum Gasteiger partial charge on any atom is -0.616 e. The zero-order chi connectivity index (χ0) is 9.42. The van der Waals surface area contributed by atoms with Gasteiger partial charge in [0.05, 0.1) is 5.39 Å².